The molecule has 1 aromatic rings. The number of ether oxygens (including phenoxy) is 1. The Balaban J connectivity index is 2.41. The van der Waals surface area contributed by atoms with Crippen molar-refractivity contribution in [1.82, 2.24) is 0 Å². The summed E-state index contributed by atoms with van der Waals surface area (Å²) < 4.78 is 5.39. The third-order valence-electron chi connectivity index (χ3n) is 3.96. The van der Waals surface area contributed by atoms with E-state index in [4.69, 9.17) is 4.74 Å². The molecule has 1 aliphatic rings. The van der Waals surface area contributed by atoms with Crippen LogP contribution < -0.4 is 0 Å². The van der Waals surface area contributed by atoms with Crippen LogP contribution in [0.15, 0.2) is 18.2 Å². The molecule has 0 aliphatic carbocycles. The molecule has 2 rings (SSSR count). The predicted molar refractivity (Wildman–Crippen MR) is 69.2 cm³/mol. The second-order valence-corrected chi connectivity index (χ2v) is 5.49. The Labute approximate surface area is 104 Å². The Bertz CT molecular complexity index is 396. The number of hydrogen-bond acceptors (Lipinski definition) is 2. The molecule has 0 fully saturated rings. The molecule has 1 aromatic carbocycles. The maximum atomic E-state index is 10.1. The van der Waals surface area contributed by atoms with Crippen molar-refractivity contribution < 1.29 is 9.84 Å². The van der Waals surface area contributed by atoms with Gasteiger partial charge in [0.1, 0.15) is 6.10 Å². The zero-order valence-corrected chi connectivity index (χ0v) is 11.0. The summed E-state index contributed by atoms with van der Waals surface area (Å²) in [7, 11) is 0. The lowest BCUT2D eigenvalue weighted by Gasteiger charge is -2.25. The van der Waals surface area contributed by atoms with E-state index in [0.29, 0.717) is 13.2 Å². The van der Waals surface area contributed by atoms with Crippen molar-refractivity contribution >= 4 is 0 Å². The van der Waals surface area contributed by atoms with Gasteiger partial charge in [0.25, 0.3) is 0 Å². The summed E-state index contributed by atoms with van der Waals surface area (Å²) in [5.41, 5.74) is 3.76. The molecule has 1 heterocycles. The molecule has 0 saturated heterocycles. The topological polar surface area (TPSA) is 29.5 Å². The predicted octanol–water partition coefficient (Wildman–Crippen LogP) is 2.98. The van der Waals surface area contributed by atoms with Gasteiger partial charge in [-0.2, -0.15) is 0 Å². The Morgan fingerprint density at radius 2 is 2.18 bits per heavy atom. The molecule has 1 N–H and O–H groups in total. The third kappa shape index (κ3) is 2.53. The molecule has 94 valence electrons. The van der Waals surface area contributed by atoms with Gasteiger partial charge in [0.05, 0.1) is 13.2 Å². The van der Waals surface area contributed by atoms with E-state index in [-0.39, 0.29) is 5.41 Å². The average molecular weight is 234 g/mol. The van der Waals surface area contributed by atoms with Gasteiger partial charge < -0.3 is 9.84 Å². The highest BCUT2D eigenvalue weighted by Crippen LogP contribution is 2.31. The quantitative estimate of drug-likeness (QED) is 0.852. The molecule has 0 radical (unpaired) electrons. The molecule has 0 amide bonds. The minimum atomic E-state index is -0.472. The minimum Gasteiger partial charge on any atom is -0.386 e. The van der Waals surface area contributed by atoms with Crippen LogP contribution in [-0.2, 0) is 16.6 Å². The first kappa shape index (κ1) is 12.6. The molecule has 0 spiro atoms. The number of aliphatic hydroxyl groups is 1. The number of rotatable bonds is 2. The van der Waals surface area contributed by atoms with E-state index in [0.717, 1.165) is 18.4 Å². The zero-order chi connectivity index (χ0) is 12.5. The number of fused-ring (bicyclic) bond motifs is 1. The van der Waals surface area contributed by atoms with E-state index in [1.807, 2.05) is 0 Å². The van der Waals surface area contributed by atoms with E-state index in [2.05, 4.69) is 39.0 Å². The van der Waals surface area contributed by atoms with Gasteiger partial charge in [-0.05, 0) is 34.9 Å². The Morgan fingerprint density at radius 1 is 1.41 bits per heavy atom. The van der Waals surface area contributed by atoms with Gasteiger partial charge in [-0.3, -0.25) is 0 Å². The second-order valence-electron chi connectivity index (χ2n) is 5.49. The van der Waals surface area contributed by atoms with Crippen molar-refractivity contribution in [1.29, 1.82) is 0 Å². The third-order valence-corrected chi connectivity index (χ3v) is 3.96. The van der Waals surface area contributed by atoms with Crippen molar-refractivity contribution in [2.75, 3.05) is 13.2 Å². The summed E-state index contributed by atoms with van der Waals surface area (Å²) in [4.78, 5) is 0. The standard InChI is InChI=1S/C15H22O2/c1-4-15(2,3)12-6-5-11-7-8-17-10-14(16)13(11)9-12/h5-6,9,14,16H,4,7-8,10H2,1-3H3. The van der Waals surface area contributed by atoms with Gasteiger partial charge >= 0.3 is 0 Å². The molecule has 1 aliphatic heterocycles. The van der Waals surface area contributed by atoms with Gasteiger partial charge in [0, 0.05) is 0 Å². The number of benzene rings is 1. The van der Waals surface area contributed by atoms with E-state index in [1.54, 1.807) is 0 Å². The first-order valence-electron chi connectivity index (χ1n) is 6.43. The fourth-order valence-corrected chi connectivity index (χ4v) is 2.22. The monoisotopic (exact) mass is 234 g/mol. The molecule has 0 aromatic heterocycles. The fourth-order valence-electron chi connectivity index (χ4n) is 2.22. The highest BCUT2D eigenvalue weighted by atomic mass is 16.5. The molecule has 1 unspecified atom stereocenters. The lowest BCUT2D eigenvalue weighted by molar-refractivity contribution is 0.0451. The number of aliphatic hydroxyl groups excluding tert-OH is 1. The fraction of sp³-hybridized carbons (Fsp3) is 0.600. The molecule has 1 atom stereocenters. The normalized spacial score (nSPS) is 20.8. The lowest BCUT2D eigenvalue weighted by Crippen LogP contribution is -2.16. The van der Waals surface area contributed by atoms with Crippen molar-refractivity contribution in [2.24, 2.45) is 0 Å². The lowest BCUT2D eigenvalue weighted by atomic mass is 9.80. The second kappa shape index (κ2) is 4.79. The van der Waals surface area contributed by atoms with Crippen LogP contribution in [0.1, 0.15) is 50.0 Å². The van der Waals surface area contributed by atoms with Crippen LogP contribution in [0, 0.1) is 0 Å². The highest BCUT2D eigenvalue weighted by Gasteiger charge is 2.22. The van der Waals surface area contributed by atoms with Crippen LogP contribution >= 0.6 is 0 Å². The smallest absolute Gasteiger partial charge is 0.103 e. The van der Waals surface area contributed by atoms with Gasteiger partial charge in [-0.1, -0.05) is 39.0 Å². The Morgan fingerprint density at radius 3 is 2.88 bits per heavy atom. The van der Waals surface area contributed by atoms with Gasteiger partial charge in [-0.15, -0.1) is 0 Å². The molecular weight excluding hydrogens is 212 g/mol. The molecule has 2 heteroatoms. The van der Waals surface area contributed by atoms with Crippen LogP contribution in [0.4, 0.5) is 0 Å². The van der Waals surface area contributed by atoms with Gasteiger partial charge in [0.15, 0.2) is 0 Å². The SMILES string of the molecule is CCC(C)(C)c1ccc2c(c1)C(O)COCC2. The van der Waals surface area contributed by atoms with E-state index >= 15 is 0 Å². The van der Waals surface area contributed by atoms with E-state index < -0.39 is 6.10 Å². The summed E-state index contributed by atoms with van der Waals surface area (Å²) in [6.07, 6.45) is 1.53. The summed E-state index contributed by atoms with van der Waals surface area (Å²) in [6.45, 7) is 7.82. The molecule has 0 saturated carbocycles. The zero-order valence-electron chi connectivity index (χ0n) is 11.0. The number of hydrogen-bond donors (Lipinski definition) is 1. The summed E-state index contributed by atoms with van der Waals surface area (Å²) >= 11 is 0. The Kier molecular flexibility index (Phi) is 3.55. The maximum absolute atomic E-state index is 10.1. The molecule has 17 heavy (non-hydrogen) atoms. The van der Waals surface area contributed by atoms with Crippen molar-refractivity contribution in [3.05, 3.63) is 34.9 Å². The van der Waals surface area contributed by atoms with E-state index in [9.17, 15) is 5.11 Å². The van der Waals surface area contributed by atoms with Crippen LogP contribution in [0.3, 0.4) is 0 Å². The minimum absolute atomic E-state index is 0.169. The van der Waals surface area contributed by atoms with Crippen LogP contribution in [-0.4, -0.2) is 18.3 Å². The van der Waals surface area contributed by atoms with Gasteiger partial charge in [0.2, 0.25) is 0 Å². The molecular formula is C15H22O2. The van der Waals surface area contributed by atoms with Crippen LogP contribution in [0.2, 0.25) is 0 Å². The first-order valence-corrected chi connectivity index (χ1v) is 6.43. The maximum Gasteiger partial charge on any atom is 0.103 e. The van der Waals surface area contributed by atoms with E-state index in [1.165, 1.54) is 11.1 Å². The molecule has 2 nitrogen and oxygen atoms in total. The summed E-state index contributed by atoms with van der Waals surface area (Å²) in [5, 5.41) is 10.1. The van der Waals surface area contributed by atoms with Crippen LogP contribution in [0.25, 0.3) is 0 Å². The van der Waals surface area contributed by atoms with Crippen LogP contribution in [0.5, 0.6) is 0 Å². The average Bonchev–Trinajstić information content (AvgIpc) is 2.51. The summed E-state index contributed by atoms with van der Waals surface area (Å²) in [6, 6.07) is 6.51. The van der Waals surface area contributed by atoms with Crippen molar-refractivity contribution in [2.45, 2.75) is 45.1 Å². The van der Waals surface area contributed by atoms with Crippen molar-refractivity contribution in [3.8, 4) is 0 Å². The van der Waals surface area contributed by atoms with Crippen molar-refractivity contribution in [3.63, 3.8) is 0 Å². The largest absolute Gasteiger partial charge is 0.386 e. The van der Waals surface area contributed by atoms with Gasteiger partial charge in [-0.25, -0.2) is 0 Å². The summed E-state index contributed by atoms with van der Waals surface area (Å²) in [5.74, 6) is 0. The first-order chi connectivity index (χ1) is 8.04. The Hall–Kier alpha value is -0.860. The molecule has 0 bridgehead atoms. The highest BCUT2D eigenvalue weighted by molar-refractivity contribution is 5.37.